The van der Waals surface area contributed by atoms with E-state index < -0.39 is 5.54 Å². The molecule has 0 aromatic heterocycles. The molecule has 136 valence electrons. The van der Waals surface area contributed by atoms with Crippen molar-refractivity contribution in [2.45, 2.75) is 18.6 Å². The number of methoxy groups -OCH3 is 1. The van der Waals surface area contributed by atoms with E-state index in [1.165, 1.54) is 19.2 Å². The molecule has 4 nitrogen and oxygen atoms in total. The number of halogens is 3. The number of carbonyl (C=O) groups excluding carboxylic acids is 1. The van der Waals surface area contributed by atoms with Gasteiger partial charge in [0, 0.05) is 18.1 Å². The summed E-state index contributed by atoms with van der Waals surface area (Å²) in [5.41, 5.74) is 6.52. The van der Waals surface area contributed by atoms with Gasteiger partial charge in [0.05, 0.1) is 6.10 Å². The first kappa shape index (κ1) is 21.6. The van der Waals surface area contributed by atoms with Gasteiger partial charge in [0.15, 0.2) is 0 Å². The van der Waals surface area contributed by atoms with Crippen molar-refractivity contribution < 1.29 is 13.9 Å². The number of hydrogen-bond acceptors (Lipinski definition) is 3. The average molecular weight is 432 g/mol. The molecule has 0 aliphatic heterocycles. The normalized spacial score (nSPS) is 14.1. The van der Waals surface area contributed by atoms with E-state index in [9.17, 15) is 9.18 Å². The Hall–Kier alpha value is -1.47. The maximum absolute atomic E-state index is 13.0. The summed E-state index contributed by atoms with van der Waals surface area (Å²) in [7, 11) is 1.54. The number of rotatable bonds is 6. The number of benzene rings is 2. The summed E-state index contributed by atoms with van der Waals surface area (Å²) in [4.78, 5) is 12.5. The highest BCUT2D eigenvalue weighted by molar-refractivity contribution is 9.10. The van der Waals surface area contributed by atoms with Gasteiger partial charge in [0.1, 0.15) is 11.4 Å². The molecule has 0 fully saturated rings. The zero-order valence-electron chi connectivity index (χ0n) is 14.0. The van der Waals surface area contributed by atoms with E-state index in [-0.39, 0.29) is 36.8 Å². The molecule has 2 rings (SSSR count). The average Bonchev–Trinajstić information content (AvgIpc) is 2.57. The molecule has 2 aromatic rings. The molecule has 2 unspecified atom stereocenters. The van der Waals surface area contributed by atoms with Crippen molar-refractivity contribution in [3.05, 3.63) is 69.9 Å². The lowest BCUT2D eigenvalue weighted by Gasteiger charge is -2.26. The van der Waals surface area contributed by atoms with Crippen LogP contribution < -0.4 is 11.1 Å². The van der Waals surface area contributed by atoms with Crippen LogP contribution in [0.2, 0.25) is 0 Å². The molecule has 0 aliphatic rings. The second kappa shape index (κ2) is 9.29. The molecule has 0 aliphatic carbocycles. The fraction of sp³-hybridized carbons (Fsp3) is 0.278. The topological polar surface area (TPSA) is 64.3 Å². The Bertz CT molecular complexity index is 693. The molecule has 0 bridgehead atoms. The summed E-state index contributed by atoms with van der Waals surface area (Å²) in [6, 6.07) is 13.3. The summed E-state index contributed by atoms with van der Waals surface area (Å²) in [6.45, 7) is 1.90. The summed E-state index contributed by atoms with van der Waals surface area (Å²) >= 11 is 3.35. The summed E-state index contributed by atoms with van der Waals surface area (Å²) in [5, 5.41) is 2.81. The zero-order valence-corrected chi connectivity index (χ0v) is 16.4. The van der Waals surface area contributed by atoms with Gasteiger partial charge in [-0.2, -0.15) is 0 Å². The molecule has 1 amide bonds. The van der Waals surface area contributed by atoms with Crippen molar-refractivity contribution in [2.24, 2.45) is 5.73 Å². The van der Waals surface area contributed by atoms with Crippen LogP contribution in [0.25, 0.3) is 0 Å². The van der Waals surface area contributed by atoms with Crippen LogP contribution >= 0.6 is 28.3 Å². The van der Waals surface area contributed by atoms with Crippen molar-refractivity contribution in [1.29, 1.82) is 0 Å². The van der Waals surface area contributed by atoms with Gasteiger partial charge in [0.25, 0.3) is 0 Å². The second-order valence-corrected chi connectivity index (χ2v) is 6.61. The van der Waals surface area contributed by atoms with Gasteiger partial charge in [-0.15, -0.1) is 12.4 Å². The molecule has 0 saturated carbocycles. The number of nitrogens with two attached hydrogens (primary N) is 1. The van der Waals surface area contributed by atoms with Crippen molar-refractivity contribution in [1.82, 2.24) is 5.32 Å². The fourth-order valence-corrected chi connectivity index (χ4v) is 2.58. The minimum Gasteiger partial charge on any atom is -0.375 e. The van der Waals surface area contributed by atoms with E-state index in [0.29, 0.717) is 5.56 Å². The maximum Gasteiger partial charge on any atom is 0.244 e. The molecular formula is C18H21BrClFN2O2. The highest BCUT2D eigenvalue weighted by atomic mass is 79.9. The number of ether oxygens (including phenoxy) is 1. The predicted molar refractivity (Wildman–Crippen MR) is 102 cm³/mol. The fourth-order valence-electron chi connectivity index (χ4n) is 2.31. The molecular weight excluding hydrogens is 411 g/mol. The Morgan fingerprint density at radius 1 is 1.24 bits per heavy atom. The Morgan fingerprint density at radius 3 is 2.32 bits per heavy atom. The van der Waals surface area contributed by atoms with Crippen molar-refractivity contribution in [3.8, 4) is 0 Å². The Morgan fingerprint density at radius 2 is 1.80 bits per heavy atom. The molecule has 7 heteroatoms. The SMILES string of the molecule is COC(CNC(=O)C(C)(N)c1ccc(Br)cc1)c1ccc(F)cc1.Cl. The molecule has 25 heavy (non-hydrogen) atoms. The van der Waals surface area contributed by atoms with Crippen LogP contribution in [-0.2, 0) is 15.1 Å². The lowest BCUT2D eigenvalue weighted by atomic mass is 9.92. The van der Waals surface area contributed by atoms with Crippen LogP contribution in [0.3, 0.4) is 0 Å². The monoisotopic (exact) mass is 430 g/mol. The van der Waals surface area contributed by atoms with Gasteiger partial charge in [-0.25, -0.2) is 4.39 Å². The van der Waals surface area contributed by atoms with E-state index in [1.807, 2.05) is 12.1 Å². The first-order valence-corrected chi connectivity index (χ1v) is 8.25. The minimum atomic E-state index is -1.16. The van der Waals surface area contributed by atoms with Crippen LogP contribution in [0.5, 0.6) is 0 Å². The maximum atomic E-state index is 13.0. The van der Waals surface area contributed by atoms with Crippen LogP contribution in [0, 0.1) is 5.82 Å². The third-order valence-electron chi connectivity index (χ3n) is 3.89. The number of nitrogens with one attached hydrogen (secondary N) is 1. The van der Waals surface area contributed by atoms with Gasteiger partial charge in [-0.3, -0.25) is 4.79 Å². The number of amides is 1. The van der Waals surface area contributed by atoms with E-state index in [4.69, 9.17) is 10.5 Å². The lowest BCUT2D eigenvalue weighted by Crippen LogP contribution is -2.49. The van der Waals surface area contributed by atoms with Crippen LogP contribution in [-0.4, -0.2) is 19.6 Å². The molecule has 0 spiro atoms. The summed E-state index contributed by atoms with van der Waals surface area (Å²) < 4.78 is 19.3. The molecule has 3 N–H and O–H groups in total. The first-order chi connectivity index (χ1) is 11.3. The molecule has 2 atom stereocenters. The summed E-state index contributed by atoms with van der Waals surface area (Å²) in [6.07, 6.45) is -0.379. The number of carbonyl (C=O) groups is 1. The van der Waals surface area contributed by atoms with E-state index >= 15 is 0 Å². The van der Waals surface area contributed by atoms with E-state index in [1.54, 1.807) is 31.2 Å². The second-order valence-electron chi connectivity index (χ2n) is 5.70. The van der Waals surface area contributed by atoms with Crippen LogP contribution in [0.4, 0.5) is 4.39 Å². The smallest absolute Gasteiger partial charge is 0.244 e. The first-order valence-electron chi connectivity index (χ1n) is 7.46. The van der Waals surface area contributed by atoms with Crippen molar-refractivity contribution >= 4 is 34.2 Å². The molecule has 0 heterocycles. The molecule has 0 radical (unpaired) electrons. The van der Waals surface area contributed by atoms with E-state index in [2.05, 4.69) is 21.2 Å². The lowest BCUT2D eigenvalue weighted by molar-refractivity contribution is -0.126. The minimum absolute atomic E-state index is 0. The van der Waals surface area contributed by atoms with Gasteiger partial charge >= 0.3 is 0 Å². The van der Waals surface area contributed by atoms with Gasteiger partial charge in [-0.1, -0.05) is 40.2 Å². The third kappa shape index (κ3) is 5.51. The third-order valence-corrected chi connectivity index (χ3v) is 4.42. The largest absolute Gasteiger partial charge is 0.375 e. The van der Waals surface area contributed by atoms with Gasteiger partial charge in [-0.05, 0) is 42.3 Å². The van der Waals surface area contributed by atoms with Crippen LogP contribution in [0.15, 0.2) is 53.0 Å². The Labute approximate surface area is 161 Å². The van der Waals surface area contributed by atoms with Crippen molar-refractivity contribution in [3.63, 3.8) is 0 Å². The summed E-state index contributed by atoms with van der Waals surface area (Å²) in [5.74, 6) is -0.628. The Kier molecular flexibility index (Phi) is 8.02. The highest BCUT2D eigenvalue weighted by Gasteiger charge is 2.30. The highest BCUT2D eigenvalue weighted by Crippen LogP contribution is 2.21. The van der Waals surface area contributed by atoms with Gasteiger partial charge in [0.2, 0.25) is 5.91 Å². The zero-order chi connectivity index (χ0) is 17.7. The van der Waals surface area contributed by atoms with Crippen LogP contribution in [0.1, 0.15) is 24.2 Å². The molecule has 0 saturated heterocycles. The number of hydrogen-bond donors (Lipinski definition) is 2. The predicted octanol–water partition coefficient (Wildman–Crippen LogP) is 3.69. The Balaban J connectivity index is 0.00000312. The molecule has 2 aromatic carbocycles. The van der Waals surface area contributed by atoms with E-state index in [0.717, 1.165) is 10.0 Å². The van der Waals surface area contributed by atoms with Gasteiger partial charge < -0.3 is 15.8 Å². The quantitative estimate of drug-likeness (QED) is 0.733. The standard InChI is InChI=1S/C18H20BrFN2O2.ClH/c1-18(21,13-5-7-14(19)8-6-13)17(23)22-11-16(24-2)12-3-9-15(20)10-4-12;/h3-10,16H,11,21H2,1-2H3,(H,22,23);1H. The van der Waals surface area contributed by atoms with Crippen molar-refractivity contribution in [2.75, 3.05) is 13.7 Å².